The zero-order valence-electron chi connectivity index (χ0n) is 18.0. The van der Waals surface area contributed by atoms with Crippen LogP contribution in [0, 0.1) is 17.2 Å². The van der Waals surface area contributed by atoms with Crippen molar-refractivity contribution in [2.24, 2.45) is 11.1 Å². The van der Waals surface area contributed by atoms with Gasteiger partial charge in [0.25, 0.3) is 0 Å². The van der Waals surface area contributed by atoms with Gasteiger partial charge in [-0.05, 0) is 54.8 Å². The van der Waals surface area contributed by atoms with Crippen LogP contribution in [0.25, 0.3) is 0 Å². The summed E-state index contributed by atoms with van der Waals surface area (Å²) in [6.45, 7) is 0.368. The summed E-state index contributed by atoms with van der Waals surface area (Å²) in [6.07, 6.45) is -2.30. The van der Waals surface area contributed by atoms with Gasteiger partial charge in [0.15, 0.2) is 6.10 Å². The summed E-state index contributed by atoms with van der Waals surface area (Å²) < 4.78 is 67.7. The van der Waals surface area contributed by atoms with Crippen LogP contribution in [0.1, 0.15) is 42.9 Å². The van der Waals surface area contributed by atoms with E-state index in [-0.39, 0.29) is 24.1 Å². The maximum atomic E-state index is 12.9. The van der Waals surface area contributed by atoms with Gasteiger partial charge in [-0.15, -0.1) is 13.2 Å². The van der Waals surface area contributed by atoms with Gasteiger partial charge in [-0.3, -0.25) is 0 Å². The number of rotatable bonds is 7. The minimum absolute atomic E-state index is 0.107. The Morgan fingerprint density at radius 3 is 2.35 bits per heavy atom. The highest BCUT2D eigenvalue weighted by molar-refractivity contribution is 7.89. The van der Waals surface area contributed by atoms with Crippen molar-refractivity contribution in [2.75, 3.05) is 13.1 Å². The number of hydrogen-bond acceptors (Lipinski definition) is 6. The lowest BCUT2D eigenvalue weighted by atomic mass is 10.0. The first-order chi connectivity index (χ1) is 16.2. The van der Waals surface area contributed by atoms with Gasteiger partial charge in [-0.25, -0.2) is 8.42 Å². The van der Waals surface area contributed by atoms with Crippen LogP contribution < -0.4 is 4.74 Å². The van der Waals surface area contributed by atoms with Crippen LogP contribution in [0.3, 0.4) is 0 Å². The highest BCUT2D eigenvalue weighted by atomic mass is 32.2. The van der Waals surface area contributed by atoms with Crippen molar-refractivity contribution in [3.8, 4) is 11.8 Å². The number of oxime groups is 1. The largest absolute Gasteiger partial charge is 0.573 e. The molecule has 34 heavy (non-hydrogen) atoms. The monoisotopic (exact) mass is 493 g/mol. The van der Waals surface area contributed by atoms with Crippen LogP contribution in [0.15, 0.2) is 58.6 Å². The Morgan fingerprint density at radius 2 is 1.76 bits per heavy atom. The van der Waals surface area contributed by atoms with Gasteiger partial charge in [0.05, 0.1) is 22.2 Å². The quantitative estimate of drug-likeness (QED) is 0.519. The van der Waals surface area contributed by atoms with Crippen molar-refractivity contribution in [1.29, 1.82) is 5.26 Å². The Balaban J connectivity index is 1.38. The van der Waals surface area contributed by atoms with E-state index in [1.807, 2.05) is 12.1 Å². The molecule has 0 amide bonds. The van der Waals surface area contributed by atoms with Crippen molar-refractivity contribution in [3.63, 3.8) is 0 Å². The number of alkyl halides is 3. The highest BCUT2D eigenvalue weighted by Crippen LogP contribution is 2.43. The Kier molecular flexibility index (Phi) is 6.81. The third-order valence-electron chi connectivity index (χ3n) is 5.68. The Labute approximate surface area is 195 Å². The van der Waals surface area contributed by atoms with Crippen molar-refractivity contribution in [3.05, 3.63) is 59.7 Å². The second-order valence-corrected chi connectivity index (χ2v) is 10.1. The number of halogens is 3. The maximum absolute atomic E-state index is 12.9. The summed E-state index contributed by atoms with van der Waals surface area (Å²) in [7, 11) is -3.86. The van der Waals surface area contributed by atoms with Crippen LogP contribution in [0.5, 0.6) is 5.75 Å². The lowest BCUT2D eigenvalue weighted by Gasteiger charge is -2.27. The fraction of sp³-hybridized carbons (Fsp3) is 0.391. The average molecular weight is 494 g/mol. The van der Waals surface area contributed by atoms with E-state index in [1.165, 1.54) is 4.31 Å². The minimum Gasteiger partial charge on any atom is -0.406 e. The van der Waals surface area contributed by atoms with Gasteiger partial charge in [-0.1, -0.05) is 17.3 Å². The normalized spacial score (nSPS) is 18.1. The Hall–Kier alpha value is -3.10. The summed E-state index contributed by atoms with van der Waals surface area (Å²) in [5.74, 6) is -0.148. The third kappa shape index (κ3) is 5.87. The molecule has 7 nitrogen and oxygen atoms in total. The second kappa shape index (κ2) is 9.64. The lowest BCUT2D eigenvalue weighted by Crippen LogP contribution is -2.38. The van der Waals surface area contributed by atoms with E-state index in [9.17, 15) is 21.6 Å². The summed E-state index contributed by atoms with van der Waals surface area (Å²) in [5.41, 5.74) is 2.18. The van der Waals surface area contributed by atoms with E-state index in [1.54, 1.807) is 12.1 Å². The first kappa shape index (κ1) is 24.0. The molecule has 0 spiro atoms. The number of benzene rings is 2. The highest BCUT2D eigenvalue weighted by Gasteiger charge is 2.35. The molecule has 2 aromatic rings. The van der Waals surface area contributed by atoms with E-state index in [4.69, 9.17) is 10.1 Å². The second-order valence-electron chi connectivity index (χ2n) is 8.18. The summed E-state index contributed by atoms with van der Waals surface area (Å²) in [6, 6.07) is 13.5. The van der Waals surface area contributed by atoms with Gasteiger partial charge in [0.2, 0.25) is 10.0 Å². The molecule has 0 aromatic heterocycles. The predicted octanol–water partition coefficient (Wildman–Crippen LogP) is 4.77. The van der Waals surface area contributed by atoms with Gasteiger partial charge < -0.3 is 9.57 Å². The van der Waals surface area contributed by atoms with Gasteiger partial charge in [-0.2, -0.15) is 9.57 Å². The van der Waals surface area contributed by atoms with E-state index in [0.717, 1.165) is 48.4 Å². The molecule has 0 radical (unpaired) electrons. The molecule has 2 fully saturated rings. The molecule has 180 valence electrons. The molecule has 1 unspecified atom stereocenters. The zero-order valence-corrected chi connectivity index (χ0v) is 18.8. The first-order valence-corrected chi connectivity index (χ1v) is 12.2. The average Bonchev–Trinajstić information content (AvgIpc) is 3.64. The van der Waals surface area contributed by atoms with Gasteiger partial charge in [0.1, 0.15) is 5.75 Å². The van der Waals surface area contributed by atoms with Crippen LogP contribution in [-0.2, 0) is 14.9 Å². The van der Waals surface area contributed by atoms with E-state index >= 15 is 0 Å². The molecule has 0 bridgehead atoms. The SMILES string of the molecule is N#Cc1cccc(C(ON=C2CCN(S(=O)(=O)c3ccc(OC(F)(F)F)cc3)CC2)C2CC2)c1. The molecule has 0 N–H and O–H groups in total. The summed E-state index contributed by atoms with van der Waals surface area (Å²) in [4.78, 5) is 5.75. The Bertz CT molecular complexity index is 1190. The van der Waals surface area contributed by atoms with E-state index in [0.29, 0.717) is 24.3 Å². The van der Waals surface area contributed by atoms with Gasteiger partial charge in [0, 0.05) is 31.8 Å². The van der Waals surface area contributed by atoms with Crippen molar-refractivity contribution in [2.45, 2.75) is 43.0 Å². The first-order valence-electron chi connectivity index (χ1n) is 10.7. The van der Waals surface area contributed by atoms with E-state index in [2.05, 4.69) is 16.0 Å². The molecule has 1 atom stereocenters. The number of sulfonamides is 1. The van der Waals surface area contributed by atoms with Crippen LogP contribution >= 0.6 is 0 Å². The molecular weight excluding hydrogens is 471 g/mol. The minimum atomic E-state index is -4.85. The fourth-order valence-corrected chi connectivity index (χ4v) is 5.21. The molecule has 11 heteroatoms. The topological polar surface area (TPSA) is 92.0 Å². The molecule has 1 saturated heterocycles. The number of piperidine rings is 1. The number of hydrogen-bond donors (Lipinski definition) is 0. The molecule has 4 rings (SSSR count). The zero-order chi connectivity index (χ0) is 24.3. The number of ether oxygens (including phenoxy) is 1. The maximum Gasteiger partial charge on any atom is 0.573 e. The van der Waals surface area contributed by atoms with Crippen molar-refractivity contribution < 1.29 is 31.2 Å². The smallest absolute Gasteiger partial charge is 0.406 e. The summed E-state index contributed by atoms with van der Waals surface area (Å²) >= 11 is 0. The Morgan fingerprint density at radius 1 is 1.09 bits per heavy atom. The van der Waals surface area contributed by atoms with Gasteiger partial charge >= 0.3 is 6.36 Å². The number of nitrogens with zero attached hydrogens (tertiary/aromatic N) is 3. The van der Waals surface area contributed by atoms with Crippen LogP contribution in [-0.4, -0.2) is 37.9 Å². The molecule has 1 heterocycles. The van der Waals surface area contributed by atoms with Crippen molar-refractivity contribution in [1.82, 2.24) is 4.31 Å². The molecule has 1 aliphatic heterocycles. The lowest BCUT2D eigenvalue weighted by molar-refractivity contribution is -0.274. The third-order valence-corrected chi connectivity index (χ3v) is 7.60. The summed E-state index contributed by atoms with van der Waals surface area (Å²) in [5, 5.41) is 13.4. The van der Waals surface area contributed by atoms with Crippen LogP contribution in [0.4, 0.5) is 13.2 Å². The molecular formula is C23H22F3N3O4S. The van der Waals surface area contributed by atoms with E-state index < -0.39 is 22.1 Å². The number of nitriles is 1. The molecule has 1 aliphatic carbocycles. The molecule has 2 aromatic carbocycles. The van der Waals surface area contributed by atoms with Crippen molar-refractivity contribution >= 4 is 15.7 Å². The van der Waals surface area contributed by atoms with Crippen LogP contribution in [0.2, 0.25) is 0 Å². The molecule has 2 aliphatic rings. The fourth-order valence-electron chi connectivity index (χ4n) is 3.77. The standard InChI is InChI=1S/C23H22F3N3O4S/c24-23(25,26)32-20-6-8-21(9-7-20)34(30,31)29-12-10-19(11-13-29)28-33-22(17-4-5-17)18-3-1-2-16(14-18)15-27/h1-3,6-9,14,17,22H,4-5,10-13H2. The molecule has 1 saturated carbocycles. The predicted molar refractivity (Wildman–Crippen MR) is 116 cm³/mol.